The Balaban J connectivity index is 1.79. The molecule has 3 aromatic rings. The molecule has 0 radical (unpaired) electrons. The molecule has 2 heterocycles. The second-order valence-corrected chi connectivity index (χ2v) is 7.91. The number of halogens is 1. The summed E-state index contributed by atoms with van der Waals surface area (Å²) in [6, 6.07) is 14.1. The van der Waals surface area contributed by atoms with E-state index in [1.165, 1.54) is 0 Å². The van der Waals surface area contributed by atoms with Crippen LogP contribution in [0.4, 0.5) is 0 Å². The molecule has 0 fully saturated rings. The van der Waals surface area contributed by atoms with E-state index in [2.05, 4.69) is 0 Å². The highest BCUT2D eigenvalue weighted by atomic mass is 35.5. The van der Waals surface area contributed by atoms with Crippen molar-refractivity contribution < 1.29 is 14.0 Å². The molecule has 0 spiro atoms. The summed E-state index contributed by atoms with van der Waals surface area (Å²) in [5.74, 6) is 0.341. The number of hydrogen-bond donors (Lipinski definition) is 0. The Morgan fingerprint density at radius 1 is 1.07 bits per heavy atom. The molecule has 6 nitrogen and oxygen atoms in total. The van der Waals surface area contributed by atoms with E-state index in [-0.39, 0.29) is 24.4 Å². The van der Waals surface area contributed by atoms with Crippen molar-refractivity contribution in [3.05, 3.63) is 83.0 Å². The van der Waals surface area contributed by atoms with Gasteiger partial charge in [0.15, 0.2) is 0 Å². The van der Waals surface area contributed by atoms with E-state index >= 15 is 0 Å². The molecule has 0 aliphatic carbocycles. The minimum Gasteiger partial charge on any atom is -0.467 e. The molecular weight excluding hydrogens is 402 g/mol. The summed E-state index contributed by atoms with van der Waals surface area (Å²) in [5, 5.41) is 0.561. The number of hydrogen-bond acceptors (Lipinski definition) is 3. The largest absolute Gasteiger partial charge is 0.467 e. The van der Waals surface area contributed by atoms with E-state index in [0.29, 0.717) is 29.4 Å². The third-order valence-electron chi connectivity index (χ3n) is 4.96. The SMILES string of the molecule is CC(C)N(CC(=O)N(Cc1ccco1)Cc1cccn1C)C(=O)c1ccc(Cl)cc1. The highest BCUT2D eigenvalue weighted by molar-refractivity contribution is 6.30. The summed E-state index contributed by atoms with van der Waals surface area (Å²) in [5.41, 5.74) is 1.50. The number of carbonyl (C=O) groups is 2. The number of nitrogens with zero attached hydrogens (tertiary/aromatic N) is 3. The molecule has 0 saturated carbocycles. The van der Waals surface area contributed by atoms with Crippen molar-refractivity contribution in [2.75, 3.05) is 6.54 Å². The number of aromatic nitrogens is 1. The second kappa shape index (κ2) is 9.67. The molecule has 0 N–H and O–H groups in total. The van der Waals surface area contributed by atoms with Gasteiger partial charge in [0.25, 0.3) is 5.91 Å². The Hall–Kier alpha value is -2.99. The first-order valence-corrected chi connectivity index (χ1v) is 10.2. The van der Waals surface area contributed by atoms with Crippen LogP contribution in [0.15, 0.2) is 65.4 Å². The van der Waals surface area contributed by atoms with Gasteiger partial charge in [0.2, 0.25) is 5.91 Å². The molecule has 1 aromatic carbocycles. The van der Waals surface area contributed by atoms with Crippen LogP contribution in [0.1, 0.15) is 35.7 Å². The van der Waals surface area contributed by atoms with Gasteiger partial charge in [0, 0.05) is 35.6 Å². The van der Waals surface area contributed by atoms with E-state index in [9.17, 15) is 9.59 Å². The van der Waals surface area contributed by atoms with Gasteiger partial charge in [0.05, 0.1) is 19.4 Å². The van der Waals surface area contributed by atoms with Gasteiger partial charge in [0.1, 0.15) is 12.3 Å². The van der Waals surface area contributed by atoms with Crippen LogP contribution in [0.2, 0.25) is 5.02 Å². The minimum atomic E-state index is -0.202. The molecular formula is C23H26ClN3O3. The Morgan fingerprint density at radius 3 is 2.37 bits per heavy atom. The van der Waals surface area contributed by atoms with Crippen molar-refractivity contribution in [1.29, 1.82) is 0 Å². The zero-order chi connectivity index (χ0) is 21.7. The monoisotopic (exact) mass is 427 g/mol. The number of amides is 2. The summed E-state index contributed by atoms with van der Waals surface area (Å²) < 4.78 is 7.42. The Bertz CT molecular complexity index is 978. The van der Waals surface area contributed by atoms with E-state index < -0.39 is 0 Å². The van der Waals surface area contributed by atoms with Gasteiger partial charge < -0.3 is 18.8 Å². The van der Waals surface area contributed by atoms with Crippen LogP contribution in [0.25, 0.3) is 0 Å². The molecule has 0 aliphatic heterocycles. The van der Waals surface area contributed by atoms with E-state index in [4.69, 9.17) is 16.0 Å². The standard InChI is InChI=1S/C23H26ClN3O3/c1-17(2)27(23(29)18-8-10-19(24)11-9-18)16-22(28)26(15-21-7-5-13-30-21)14-20-6-4-12-25(20)3/h4-13,17H,14-16H2,1-3H3. The lowest BCUT2D eigenvalue weighted by molar-refractivity contribution is -0.133. The lowest BCUT2D eigenvalue weighted by Gasteiger charge is -2.30. The summed E-state index contributed by atoms with van der Waals surface area (Å²) in [6.07, 6.45) is 3.53. The maximum absolute atomic E-state index is 13.3. The first-order chi connectivity index (χ1) is 14.3. The molecule has 0 aliphatic rings. The maximum atomic E-state index is 13.3. The molecule has 7 heteroatoms. The normalized spacial score (nSPS) is 11.0. The quantitative estimate of drug-likeness (QED) is 0.537. The minimum absolute atomic E-state index is 0.0236. The number of carbonyl (C=O) groups excluding carboxylic acids is 2. The fraction of sp³-hybridized carbons (Fsp3) is 0.304. The first-order valence-electron chi connectivity index (χ1n) is 9.82. The van der Waals surface area contributed by atoms with Crippen molar-refractivity contribution in [3.63, 3.8) is 0 Å². The molecule has 0 saturated heterocycles. The zero-order valence-electron chi connectivity index (χ0n) is 17.4. The average Bonchev–Trinajstić information content (AvgIpc) is 3.37. The Morgan fingerprint density at radius 2 is 1.80 bits per heavy atom. The van der Waals surface area contributed by atoms with Gasteiger partial charge in [-0.25, -0.2) is 0 Å². The van der Waals surface area contributed by atoms with Crippen LogP contribution in [-0.4, -0.2) is 38.8 Å². The third kappa shape index (κ3) is 5.33. The second-order valence-electron chi connectivity index (χ2n) is 7.47. The van der Waals surface area contributed by atoms with Crippen LogP contribution in [0, 0.1) is 0 Å². The maximum Gasteiger partial charge on any atom is 0.254 e. The summed E-state index contributed by atoms with van der Waals surface area (Å²) >= 11 is 5.94. The van der Waals surface area contributed by atoms with Gasteiger partial charge in [-0.05, 0) is 62.4 Å². The summed E-state index contributed by atoms with van der Waals surface area (Å²) in [4.78, 5) is 29.6. The lowest BCUT2D eigenvalue weighted by Crippen LogP contribution is -2.45. The van der Waals surface area contributed by atoms with Crippen molar-refractivity contribution in [2.45, 2.75) is 33.0 Å². The smallest absolute Gasteiger partial charge is 0.254 e. The molecule has 0 bridgehead atoms. The zero-order valence-corrected chi connectivity index (χ0v) is 18.2. The van der Waals surface area contributed by atoms with E-state index in [0.717, 1.165) is 5.69 Å². The van der Waals surface area contributed by atoms with E-state index in [1.54, 1.807) is 46.4 Å². The van der Waals surface area contributed by atoms with Crippen molar-refractivity contribution >= 4 is 23.4 Å². The van der Waals surface area contributed by atoms with Crippen LogP contribution in [-0.2, 0) is 24.9 Å². The Kier molecular flexibility index (Phi) is 7.00. The van der Waals surface area contributed by atoms with Gasteiger partial charge in [-0.15, -0.1) is 0 Å². The molecule has 3 rings (SSSR count). The average molecular weight is 428 g/mol. The van der Waals surface area contributed by atoms with Crippen LogP contribution in [0.5, 0.6) is 0 Å². The highest BCUT2D eigenvalue weighted by Gasteiger charge is 2.25. The predicted molar refractivity (Wildman–Crippen MR) is 116 cm³/mol. The molecule has 0 atom stereocenters. The Labute approximate surface area is 181 Å². The fourth-order valence-electron chi connectivity index (χ4n) is 3.17. The van der Waals surface area contributed by atoms with Gasteiger partial charge >= 0.3 is 0 Å². The van der Waals surface area contributed by atoms with Gasteiger partial charge in [-0.2, -0.15) is 0 Å². The summed E-state index contributed by atoms with van der Waals surface area (Å²) in [6.45, 7) is 4.52. The number of furan rings is 1. The number of aryl methyl sites for hydroxylation is 1. The lowest BCUT2D eigenvalue weighted by atomic mass is 10.1. The fourth-order valence-corrected chi connectivity index (χ4v) is 3.30. The number of benzene rings is 1. The molecule has 2 amide bonds. The molecule has 2 aromatic heterocycles. The van der Waals surface area contributed by atoms with Gasteiger partial charge in [-0.3, -0.25) is 9.59 Å². The van der Waals surface area contributed by atoms with Crippen LogP contribution < -0.4 is 0 Å². The van der Waals surface area contributed by atoms with Crippen LogP contribution >= 0.6 is 11.6 Å². The number of rotatable bonds is 8. The molecule has 158 valence electrons. The van der Waals surface area contributed by atoms with E-state index in [1.807, 2.05) is 49.9 Å². The molecule has 30 heavy (non-hydrogen) atoms. The predicted octanol–water partition coefficient (Wildman–Crippen LogP) is 4.35. The van der Waals surface area contributed by atoms with Crippen molar-refractivity contribution in [2.24, 2.45) is 7.05 Å². The summed E-state index contributed by atoms with van der Waals surface area (Å²) in [7, 11) is 1.94. The topological polar surface area (TPSA) is 58.7 Å². The highest BCUT2D eigenvalue weighted by Crippen LogP contribution is 2.16. The van der Waals surface area contributed by atoms with Gasteiger partial charge in [-0.1, -0.05) is 11.6 Å². The van der Waals surface area contributed by atoms with Crippen molar-refractivity contribution in [1.82, 2.24) is 14.4 Å². The molecule has 0 unspecified atom stereocenters. The third-order valence-corrected chi connectivity index (χ3v) is 5.22. The first kappa shape index (κ1) is 21.7. The van der Waals surface area contributed by atoms with Crippen molar-refractivity contribution in [3.8, 4) is 0 Å². The van der Waals surface area contributed by atoms with Crippen LogP contribution in [0.3, 0.4) is 0 Å².